The number of hydrogen-bond donors (Lipinski definition) is 0. The molecule has 0 heterocycles. The summed E-state index contributed by atoms with van der Waals surface area (Å²) in [5, 5.41) is 0. The van der Waals surface area contributed by atoms with E-state index in [2.05, 4.69) is 13.8 Å². The van der Waals surface area contributed by atoms with Crippen LogP contribution in [-0.2, 0) is 19.1 Å². The maximum Gasteiger partial charge on any atom is 0.305 e. The second kappa shape index (κ2) is 26.2. The molecule has 190 valence electrons. The largest absolute Gasteiger partial charge is 0.466 e. The Balaban J connectivity index is 3.23. The van der Waals surface area contributed by atoms with Gasteiger partial charge in [0.1, 0.15) is 0 Å². The van der Waals surface area contributed by atoms with Crippen LogP contribution < -0.4 is 0 Å². The fraction of sp³-hybridized carbons (Fsp3) is 0.929. The first kappa shape index (κ1) is 30.9. The summed E-state index contributed by atoms with van der Waals surface area (Å²) >= 11 is 0. The number of carbonyl (C=O) groups excluding carboxylic acids is 2. The molecule has 4 heteroatoms. The van der Waals surface area contributed by atoms with E-state index < -0.39 is 0 Å². The van der Waals surface area contributed by atoms with Crippen LogP contribution in [0.2, 0.25) is 0 Å². The Morgan fingerprint density at radius 2 is 0.688 bits per heavy atom. The molecule has 0 atom stereocenters. The van der Waals surface area contributed by atoms with E-state index in [1.807, 2.05) is 0 Å². The summed E-state index contributed by atoms with van der Waals surface area (Å²) in [7, 11) is 0. The monoisotopic (exact) mass is 454 g/mol. The third kappa shape index (κ3) is 25.2. The smallest absolute Gasteiger partial charge is 0.305 e. The normalized spacial score (nSPS) is 10.9. The molecule has 0 aliphatic carbocycles. The van der Waals surface area contributed by atoms with Crippen LogP contribution in [-0.4, -0.2) is 25.2 Å². The van der Waals surface area contributed by atoms with Gasteiger partial charge in [-0.3, -0.25) is 9.59 Å². The van der Waals surface area contributed by atoms with Gasteiger partial charge >= 0.3 is 11.9 Å². The van der Waals surface area contributed by atoms with Crippen LogP contribution in [0.15, 0.2) is 0 Å². The van der Waals surface area contributed by atoms with Gasteiger partial charge in [0, 0.05) is 12.8 Å². The van der Waals surface area contributed by atoms with Gasteiger partial charge in [-0.05, 0) is 25.7 Å². The molecule has 0 rings (SSSR count). The van der Waals surface area contributed by atoms with Crippen LogP contribution in [0.3, 0.4) is 0 Å². The second-order valence-electron chi connectivity index (χ2n) is 9.30. The summed E-state index contributed by atoms with van der Waals surface area (Å²) in [5.41, 5.74) is 0. The van der Waals surface area contributed by atoms with E-state index >= 15 is 0 Å². The molecule has 4 nitrogen and oxygen atoms in total. The van der Waals surface area contributed by atoms with E-state index in [0.29, 0.717) is 26.1 Å². The van der Waals surface area contributed by atoms with E-state index in [-0.39, 0.29) is 11.9 Å². The molecular formula is C28H54O4. The molecular weight excluding hydrogens is 400 g/mol. The van der Waals surface area contributed by atoms with Gasteiger partial charge < -0.3 is 9.47 Å². The van der Waals surface area contributed by atoms with Gasteiger partial charge in [-0.25, -0.2) is 0 Å². The van der Waals surface area contributed by atoms with E-state index in [1.165, 1.54) is 64.2 Å². The topological polar surface area (TPSA) is 52.6 Å². The summed E-state index contributed by atoms with van der Waals surface area (Å²) in [6.45, 7) is 5.58. The lowest BCUT2D eigenvalue weighted by atomic mass is 10.1. The Bertz CT molecular complexity index is 370. The average Bonchev–Trinajstić information content (AvgIpc) is 2.79. The molecule has 0 unspecified atom stereocenters. The first-order valence-electron chi connectivity index (χ1n) is 14.0. The lowest BCUT2D eigenvalue weighted by Crippen LogP contribution is -2.06. The highest BCUT2D eigenvalue weighted by Gasteiger charge is 2.04. The number of esters is 2. The fourth-order valence-electron chi connectivity index (χ4n) is 3.88. The van der Waals surface area contributed by atoms with Gasteiger partial charge in [-0.2, -0.15) is 0 Å². The summed E-state index contributed by atoms with van der Waals surface area (Å²) in [4.78, 5) is 23.4. The maximum absolute atomic E-state index is 11.7. The maximum atomic E-state index is 11.7. The quantitative estimate of drug-likeness (QED) is 0.102. The van der Waals surface area contributed by atoms with Crippen molar-refractivity contribution in [1.82, 2.24) is 0 Å². The summed E-state index contributed by atoms with van der Waals surface area (Å²) in [5.74, 6) is -0.0614. The molecule has 0 N–H and O–H groups in total. The molecule has 0 saturated carbocycles. The van der Waals surface area contributed by atoms with Crippen LogP contribution in [0.5, 0.6) is 0 Å². The highest BCUT2D eigenvalue weighted by Crippen LogP contribution is 2.11. The number of rotatable bonds is 25. The second-order valence-corrected chi connectivity index (χ2v) is 9.30. The van der Waals surface area contributed by atoms with Gasteiger partial charge in [0.25, 0.3) is 0 Å². The molecule has 0 aromatic carbocycles. The molecule has 0 bridgehead atoms. The highest BCUT2D eigenvalue weighted by atomic mass is 16.5. The molecule has 0 aliphatic rings. The highest BCUT2D eigenvalue weighted by molar-refractivity contribution is 5.69. The molecule has 32 heavy (non-hydrogen) atoms. The van der Waals surface area contributed by atoms with Gasteiger partial charge in [0.15, 0.2) is 0 Å². The fourth-order valence-corrected chi connectivity index (χ4v) is 3.88. The molecule has 0 fully saturated rings. The third-order valence-electron chi connectivity index (χ3n) is 6.03. The predicted octanol–water partition coefficient (Wildman–Crippen LogP) is 8.69. The summed E-state index contributed by atoms with van der Waals surface area (Å²) in [6.07, 6.45) is 24.7. The zero-order valence-electron chi connectivity index (χ0n) is 21.6. The molecule has 0 aromatic heterocycles. The lowest BCUT2D eigenvalue weighted by Gasteiger charge is -2.06. The average molecular weight is 455 g/mol. The van der Waals surface area contributed by atoms with E-state index in [9.17, 15) is 9.59 Å². The molecule has 0 radical (unpaired) electrons. The van der Waals surface area contributed by atoms with E-state index in [4.69, 9.17) is 9.47 Å². The Hall–Kier alpha value is -1.06. The van der Waals surface area contributed by atoms with Crippen molar-refractivity contribution in [2.45, 2.75) is 155 Å². The van der Waals surface area contributed by atoms with Gasteiger partial charge in [-0.1, -0.05) is 117 Å². The Morgan fingerprint density at radius 3 is 1.03 bits per heavy atom. The Labute approximate surface area is 199 Å². The number of unbranched alkanes of at least 4 members (excludes halogenated alkanes) is 17. The van der Waals surface area contributed by atoms with Gasteiger partial charge in [0.2, 0.25) is 0 Å². The van der Waals surface area contributed by atoms with E-state index in [0.717, 1.165) is 64.2 Å². The van der Waals surface area contributed by atoms with Crippen molar-refractivity contribution in [3.8, 4) is 0 Å². The van der Waals surface area contributed by atoms with Crippen LogP contribution in [0.25, 0.3) is 0 Å². The van der Waals surface area contributed by atoms with Crippen molar-refractivity contribution in [1.29, 1.82) is 0 Å². The van der Waals surface area contributed by atoms with Crippen molar-refractivity contribution < 1.29 is 19.1 Å². The predicted molar refractivity (Wildman–Crippen MR) is 135 cm³/mol. The van der Waals surface area contributed by atoms with Crippen molar-refractivity contribution >= 4 is 11.9 Å². The van der Waals surface area contributed by atoms with Crippen molar-refractivity contribution in [2.24, 2.45) is 0 Å². The molecule has 0 aliphatic heterocycles. The number of ether oxygens (including phenoxy) is 2. The minimum Gasteiger partial charge on any atom is -0.466 e. The summed E-state index contributed by atoms with van der Waals surface area (Å²) < 4.78 is 10.7. The number of hydrogen-bond acceptors (Lipinski definition) is 4. The number of carbonyl (C=O) groups is 2. The third-order valence-corrected chi connectivity index (χ3v) is 6.03. The standard InChI is InChI=1S/C28H54O4/c1-3-5-7-9-11-15-19-23-27(29)31-25-21-17-13-14-18-22-26-32-28(30)24-20-16-12-10-8-6-4-2/h3-26H2,1-2H3. The van der Waals surface area contributed by atoms with Crippen molar-refractivity contribution in [2.75, 3.05) is 13.2 Å². The first-order chi connectivity index (χ1) is 15.7. The molecule has 0 saturated heterocycles. The minimum absolute atomic E-state index is 0.0307. The zero-order chi connectivity index (χ0) is 23.5. The molecule has 0 amide bonds. The minimum atomic E-state index is -0.0307. The zero-order valence-corrected chi connectivity index (χ0v) is 21.6. The first-order valence-corrected chi connectivity index (χ1v) is 14.0. The van der Waals surface area contributed by atoms with Crippen molar-refractivity contribution in [3.05, 3.63) is 0 Å². The van der Waals surface area contributed by atoms with Crippen molar-refractivity contribution in [3.63, 3.8) is 0 Å². The van der Waals surface area contributed by atoms with Gasteiger partial charge in [-0.15, -0.1) is 0 Å². The van der Waals surface area contributed by atoms with Crippen LogP contribution in [0.4, 0.5) is 0 Å². The molecule has 0 aromatic rings. The SMILES string of the molecule is CCCCCCCCCC(=O)OCCCCCCCCOC(=O)CCCCCCCCC. The Kier molecular flexibility index (Phi) is 25.3. The van der Waals surface area contributed by atoms with E-state index in [1.54, 1.807) is 0 Å². The lowest BCUT2D eigenvalue weighted by molar-refractivity contribution is -0.144. The van der Waals surface area contributed by atoms with Gasteiger partial charge in [0.05, 0.1) is 13.2 Å². The van der Waals surface area contributed by atoms with Crippen LogP contribution in [0, 0.1) is 0 Å². The molecule has 0 spiro atoms. The Morgan fingerprint density at radius 1 is 0.406 bits per heavy atom. The van der Waals surface area contributed by atoms with Crippen LogP contribution >= 0.6 is 0 Å². The summed E-state index contributed by atoms with van der Waals surface area (Å²) in [6, 6.07) is 0. The van der Waals surface area contributed by atoms with Crippen LogP contribution in [0.1, 0.15) is 155 Å².